The summed E-state index contributed by atoms with van der Waals surface area (Å²) in [6, 6.07) is 26.6. The van der Waals surface area contributed by atoms with Gasteiger partial charge in [0.2, 0.25) is 5.91 Å². The molecule has 2 heterocycles. The molecule has 1 aliphatic rings. The Morgan fingerprint density at radius 1 is 0.902 bits per heavy atom. The minimum Gasteiger partial charge on any atom is -0.345 e. The average Bonchev–Trinajstić information content (AvgIpc) is 3.42. The Hall–Kier alpha value is -3.85. The molecule has 206 valence electrons. The average molecular weight is 603 g/mol. The van der Waals surface area contributed by atoms with Crippen LogP contribution in [0.3, 0.4) is 0 Å². The van der Waals surface area contributed by atoms with Gasteiger partial charge in [-0.2, -0.15) is 0 Å². The van der Waals surface area contributed by atoms with Gasteiger partial charge in [-0.05, 0) is 59.5 Å². The summed E-state index contributed by atoms with van der Waals surface area (Å²) in [6.45, 7) is 0.796. The van der Waals surface area contributed by atoms with Crippen LogP contribution in [0.2, 0.25) is 10.0 Å². The molecule has 7 nitrogen and oxygen atoms in total. The number of hydrogen-bond donors (Lipinski definition) is 1. The molecule has 6 rings (SSSR count). The molecule has 0 fully saturated rings. The maximum atomic E-state index is 13.3. The van der Waals surface area contributed by atoms with Gasteiger partial charge in [0.05, 0.1) is 28.0 Å². The fourth-order valence-electron chi connectivity index (χ4n) is 5.07. The van der Waals surface area contributed by atoms with Crippen molar-refractivity contribution >= 4 is 63.2 Å². The molecule has 0 unspecified atom stereocenters. The number of rotatable bonds is 7. The lowest BCUT2D eigenvalue weighted by molar-refractivity contribution is -0.116. The van der Waals surface area contributed by atoms with Gasteiger partial charge in [-0.3, -0.25) is 14.2 Å². The van der Waals surface area contributed by atoms with E-state index >= 15 is 0 Å². The van der Waals surface area contributed by atoms with Gasteiger partial charge in [0.1, 0.15) is 0 Å². The minimum absolute atomic E-state index is 0.00310. The predicted octanol–water partition coefficient (Wildman–Crippen LogP) is 6.73. The minimum atomic E-state index is -0.223. The van der Waals surface area contributed by atoms with Crippen LogP contribution < -0.4 is 10.2 Å². The van der Waals surface area contributed by atoms with E-state index in [-0.39, 0.29) is 24.1 Å². The Labute approximate surface area is 251 Å². The lowest BCUT2D eigenvalue weighted by atomic mass is 10.0. The van der Waals surface area contributed by atoms with Crippen LogP contribution in [0.5, 0.6) is 0 Å². The third-order valence-electron chi connectivity index (χ3n) is 7.04. The first-order valence-electron chi connectivity index (χ1n) is 13.2. The lowest BCUT2D eigenvalue weighted by Crippen LogP contribution is -2.36. The lowest BCUT2D eigenvalue weighted by Gasteiger charge is -2.29. The Balaban J connectivity index is 1.25. The molecule has 10 heteroatoms. The number of amides is 2. The van der Waals surface area contributed by atoms with Crippen molar-refractivity contribution in [1.82, 2.24) is 20.1 Å². The SMILES string of the molecule is O=C(NCc1nnc(SCC(=O)N2CCCc3ccccc32)n1-c1ccc(Cl)c(Cl)c1)c1cccc2ccccc12. The molecule has 0 spiro atoms. The first-order chi connectivity index (χ1) is 20.0. The molecule has 1 N–H and O–H groups in total. The first kappa shape index (κ1) is 27.3. The first-order valence-corrected chi connectivity index (χ1v) is 14.9. The number of halogens is 2. The van der Waals surface area contributed by atoms with Crippen molar-refractivity contribution in [3.05, 3.63) is 112 Å². The van der Waals surface area contributed by atoms with Gasteiger partial charge in [0, 0.05) is 17.8 Å². The second-order valence-electron chi connectivity index (χ2n) is 9.61. The van der Waals surface area contributed by atoms with Crippen LogP contribution in [0.1, 0.15) is 28.2 Å². The largest absolute Gasteiger partial charge is 0.345 e. The maximum absolute atomic E-state index is 13.3. The van der Waals surface area contributed by atoms with Crippen LogP contribution in [0.4, 0.5) is 5.69 Å². The van der Waals surface area contributed by atoms with E-state index in [1.807, 2.05) is 59.5 Å². The van der Waals surface area contributed by atoms with E-state index in [4.69, 9.17) is 23.2 Å². The van der Waals surface area contributed by atoms with E-state index in [0.717, 1.165) is 29.3 Å². The number of benzene rings is 4. The second-order valence-corrected chi connectivity index (χ2v) is 11.4. The zero-order chi connectivity index (χ0) is 28.3. The number of fused-ring (bicyclic) bond motifs is 2. The van der Waals surface area contributed by atoms with Crippen molar-refractivity contribution in [3.63, 3.8) is 0 Å². The smallest absolute Gasteiger partial charge is 0.252 e. The molecule has 1 aromatic heterocycles. The Morgan fingerprint density at radius 2 is 1.71 bits per heavy atom. The number of aryl methyl sites for hydroxylation is 1. The fourth-order valence-corrected chi connectivity index (χ4v) is 6.21. The number of thioether (sulfide) groups is 1. The van der Waals surface area contributed by atoms with Gasteiger partial charge >= 0.3 is 0 Å². The van der Waals surface area contributed by atoms with Crippen molar-refractivity contribution in [2.24, 2.45) is 0 Å². The van der Waals surface area contributed by atoms with E-state index in [1.54, 1.807) is 28.8 Å². The number of carbonyl (C=O) groups excluding carboxylic acids is 2. The molecule has 2 amide bonds. The number of nitrogens with one attached hydrogen (secondary N) is 1. The van der Waals surface area contributed by atoms with Crippen LogP contribution in [0.25, 0.3) is 16.5 Å². The van der Waals surface area contributed by atoms with Gasteiger partial charge in [0.25, 0.3) is 5.91 Å². The van der Waals surface area contributed by atoms with Crippen LogP contribution >= 0.6 is 35.0 Å². The number of para-hydroxylation sites is 1. The van der Waals surface area contributed by atoms with Crippen molar-refractivity contribution in [1.29, 1.82) is 0 Å². The summed E-state index contributed by atoms with van der Waals surface area (Å²) < 4.78 is 1.80. The van der Waals surface area contributed by atoms with Crippen molar-refractivity contribution in [2.45, 2.75) is 24.5 Å². The molecule has 0 atom stereocenters. The molecule has 0 bridgehead atoms. The van der Waals surface area contributed by atoms with Crippen molar-refractivity contribution in [3.8, 4) is 5.69 Å². The fraction of sp³-hybridized carbons (Fsp3) is 0.161. The van der Waals surface area contributed by atoms with Gasteiger partial charge < -0.3 is 10.2 Å². The molecule has 41 heavy (non-hydrogen) atoms. The van der Waals surface area contributed by atoms with Crippen molar-refractivity contribution < 1.29 is 9.59 Å². The van der Waals surface area contributed by atoms with E-state index in [2.05, 4.69) is 21.6 Å². The summed E-state index contributed by atoms with van der Waals surface area (Å²) in [6.07, 6.45) is 1.89. The van der Waals surface area contributed by atoms with Gasteiger partial charge in [-0.15, -0.1) is 10.2 Å². The molecule has 4 aromatic carbocycles. The van der Waals surface area contributed by atoms with E-state index in [0.29, 0.717) is 38.8 Å². The highest BCUT2D eigenvalue weighted by Gasteiger charge is 2.24. The molecule has 5 aromatic rings. The Kier molecular flexibility index (Phi) is 7.96. The summed E-state index contributed by atoms with van der Waals surface area (Å²) in [7, 11) is 0. The number of nitrogens with zero attached hydrogens (tertiary/aromatic N) is 4. The third-order valence-corrected chi connectivity index (χ3v) is 8.69. The third kappa shape index (κ3) is 5.68. The number of anilines is 1. The zero-order valence-electron chi connectivity index (χ0n) is 21.9. The molecule has 0 radical (unpaired) electrons. The molecule has 0 saturated heterocycles. The van der Waals surface area contributed by atoms with E-state index < -0.39 is 0 Å². The Morgan fingerprint density at radius 3 is 2.59 bits per heavy atom. The summed E-state index contributed by atoms with van der Waals surface area (Å²) >= 11 is 13.8. The van der Waals surface area contributed by atoms with Crippen molar-refractivity contribution in [2.75, 3.05) is 17.2 Å². The maximum Gasteiger partial charge on any atom is 0.252 e. The normalized spacial score (nSPS) is 12.8. The quantitative estimate of drug-likeness (QED) is 0.209. The highest BCUT2D eigenvalue weighted by Crippen LogP contribution is 2.31. The van der Waals surface area contributed by atoms with E-state index in [9.17, 15) is 9.59 Å². The topological polar surface area (TPSA) is 80.1 Å². The van der Waals surface area contributed by atoms with Crippen LogP contribution in [0, 0.1) is 0 Å². The predicted molar refractivity (Wildman–Crippen MR) is 164 cm³/mol. The van der Waals surface area contributed by atoms with Gasteiger partial charge in [-0.1, -0.05) is 89.6 Å². The number of aromatic nitrogens is 3. The Bertz CT molecular complexity index is 1770. The number of hydrogen-bond acceptors (Lipinski definition) is 5. The second kappa shape index (κ2) is 11.9. The molecule has 1 aliphatic heterocycles. The molecule has 0 aliphatic carbocycles. The zero-order valence-corrected chi connectivity index (χ0v) is 24.2. The molecule has 0 saturated carbocycles. The van der Waals surface area contributed by atoms with Crippen LogP contribution in [-0.4, -0.2) is 38.9 Å². The van der Waals surface area contributed by atoms with Crippen LogP contribution in [-0.2, 0) is 17.8 Å². The molecular weight excluding hydrogens is 577 g/mol. The standard InChI is InChI=1S/C31H25Cl2N5O2S/c32-25-15-14-22(17-26(25)33)38-28(18-34-30(40)24-12-5-9-20-7-1-3-11-23(20)24)35-36-31(38)41-19-29(39)37-16-6-10-21-8-2-4-13-27(21)37/h1-5,7-9,11-15,17H,6,10,16,18-19H2,(H,34,40). The van der Waals surface area contributed by atoms with Crippen LogP contribution in [0.15, 0.2) is 90.1 Å². The van der Waals surface area contributed by atoms with E-state index in [1.165, 1.54) is 17.3 Å². The van der Waals surface area contributed by atoms with Gasteiger partial charge in [-0.25, -0.2) is 0 Å². The summed E-state index contributed by atoms with van der Waals surface area (Å²) in [5.41, 5.74) is 3.40. The van der Waals surface area contributed by atoms with Gasteiger partial charge in [0.15, 0.2) is 11.0 Å². The number of carbonyl (C=O) groups is 2. The summed E-state index contributed by atoms with van der Waals surface area (Å²) in [5.74, 6) is 0.446. The highest BCUT2D eigenvalue weighted by molar-refractivity contribution is 7.99. The molecular formula is C31H25Cl2N5O2S. The summed E-state index contributed by atoms with van der Waals surface area (Å²) in [4.78, 5) is 28.4. The highest BCUT2D eigenvalue weighted by atomic mass is 35.5. The monoisotopic (exact) mass is 601 g/mol. The summed E-state index contributed by atoms with van der Waals surface area (Å²) in [5, 5.41) is 14.9.